The molecule has 1 aliphatic carbocycles. The first-order valence-corrected chi connectivity index (χ1v) is 10.1. The van der Waals surface area contributed by atoms with Crippen LogP contribution < -0.4 is 10.6 Å². The molecular weight excluding hydrogens is 486 g/mol. The molecule has 1 fully saturated rings. The van der Waals surface area contributed by atoms with Crippen molar-refractivity contribution in [3.05, 3.63) is 64.1 Å². The second kappa shape index (κ2) is 8.25. The molecule has 3 aromatic rings. The van der Waals surface area contributed by atoms with E-state index >= 15 is 0 Å². The van der Waals surface area contributed by atoms with Gasteiger partial charge in [-0.3, -0.25) is 4.57 Å². The Morgan fingerprint density at radius 1 is 1.03 bits per heavy atom. The summed E-state index contributed by atoms with van der Waals surface area (Å²) in [6.07, 6.45) is -9.95. The molecule has 2 aromatic carbocycles. The third-order valence-electron chi connectivity index (χ3n) is 5.58. The first-order valence-electron chi connectivity index (χ1n) is 10.1. The van der Waals surface area contributed by atoms with Crippen LogP contribution in [-0.2, 0) is 7.05 Å². The van der Waals surface area contributed by atoms with E-state index in [0.717, 1.165) is 28.8 Å². The molecule has 1 aliphatic rings. The molecule has 0 aliphatic heterocycles. The van der Waals surface area contributed by atoms with Crippen LogP contribution in [0.25, 0.3) is 10.9 Å². The van der Waals surface area contributed by atoms with Crippen LogP contribution in [0.2, 0.25) is 0 Å². The van der Waals surface area contributed by atoms with E-state index in [0.29, 0.717) is 11.0 Å². The number of aromatic nitrogens is 2. The van der Waals surface area contributed by atoms with Gasteiger partial charge >= 0.3 is 18.0 Å². The SMILES string of the molecule is Cn1c(=O)nc(N(CC(F)(F)F)c2cc(F)cc(C#CC3(C(F)(F)F)CC3)c2)c2cc(F)ccc21. The summed E-state index contributed by atoms with van der Waals surface area (Å²) < 4.78 is 109. The smallest absolute Gasteiger partial charge is 0.316 e. The normalized spacial score (nSPS) is 15.0. The van der Waals surface area contributed by atoms with Crippen LogP contribution in [0, 0.1) is 28.9 Å². The van der Waals surface area contributed by atoms with E-state index in [1.165, 1.54) is 13.1 Å². The third kappa shape index (κ3) is 4.94. The van der Waals surface area contributed by atoms with Gasteiger partial charge in [0.1, 0.15) is 29.4 Å². The second-order valence-corrected chi connectivity index (χ2v) is 8.17. The zero-order valence-electron chi connectivity index (χ0n) is 17.9. The molecule has 0 unspecified atom stereocenters. The fraction of sp³-hybridized carbons (Fsp3) is 0.304. The molecule has 0 bridgehead atoms. The molecule has 12 heteroatoms. The average Bonchev–Trinajstić information content (AvgIpc) is 3.54. The number of anilines is 2. The minimum atomic E-state index is -4.88. The van der Waals surface area contributed by atoms with Crippen molar-refractivity contribution >= 4 is 22.4 Å². The number of rotatable bonds is 3. The zero-order chi connectivity index (χ0) is 25.8. The van der Waals surface area contributed by atoms with E-state index in [4.69, 9.17) is 0 Å². The molecule has 1 aromatic heterocycles. The molecule has 1 saturated carbocycles. The Kier molecular flexibility index (Phi) is 5.78. The van der Waals surface area contributed by atoms with Gasteiger partial charge in [-0.2, -0.15) is 31.3 Å². The Balaban J connectivity index is 1.90. The van der Waals surface area contributed by atoms with E-state index < -0.39 is 53.1 Å². The van der Waals surface area contributed by atoms with Crippen molar-refractivity contribution in [1.82, 2.24) is 9.55 Å². The minimum absolute atomic E-state index is 0.0610. The highest BCUT2D eigenvalue weighted by Gasteiger charge is 2.62. The van der Waals surface area contributed by atoms with Gasteiger partial charge in [-0.05, 0) is 49.2 Å². The number of benzene rings is 2. The first kappa shape index (κ1) is 24.5. The van der Waals surface area contributed by atoms with E-state index in [-0.39, 0.29) is 29.3 Å². The fourth-order valence-corrected chi connectivity index (χ4v) is 3.58. The van der Waals surface area contributed by atoms with E-state index in [9.17, 15) is 39.9 Å². The van der Waals surface area contributed by atoms with Crippen molar-refractivity contribution in [1.29, 1.82) is 0 Å². The van der Waals surface area contributed by atoms with Gasteiger partial charge in [0.25, 0.3) is 0 Å². The van der Waals surface area contributed by atoms with Crippen LogP contribution in [0.3, 0.4) is 0 Å². The van der Waals surface area contributed by atoms with Gasteiger partial charge in [0.15, 0.2) is 0 Å². The predicted octanol–water partition coefficient (Wildman–Crippen LogP) is 5.61. The summed E-state index contributed by atoms with van der Waals surface area (Å²) in [5, 5.41) is -0.165. The molecule has 0 saturated heterocycles. The van der Waals surface area contributed by atoms with Crippen LogP contribution in [0.15, 0.2) is 41.2 Å². The number of alkyl halides is 6. The van der Waals surface area contributed by atoms with Gasteiger partial charge in [0.05, 0.1) is 5.52 Å². The van der Waals surface area contributed by atoms with Crippen molar-refractivity contribution in [2.45, 2.75) is 25.2 Å². The van der Waals surface area contributed by atoms with Gasteiger partial charge in [-0.1, -0.05) is 11.8 Å². The summed E-state index contributed by atoms with van der Waals surface area (Å²) in [6.45, 7) is -1.75. The molecule has 1 heterocycles. The van der Waals surface area contributed by atoms with Crippen molar-refractivity contribution < 1.29 is 35.1 Å². The lowest BCUT2D eigenvalue weighted by Gasteiger charge is -2.26. The van der Waals surface area contributed by atoms with Crippen molar-refractivity contribution in [2.24, 2.45) is 12.5 Å². The molecule has 0 radical (unpaired) electrons. The predicted molar refractivity (Wildman–Crippen MR) is 111 cm³/mol. The Morgan fingerprint density at radius 3 is 2.31 bits per heavy atom. The number of fused-ring (bicyclic) bond motifs is 1. The van der Waals surface area contributed by atoms with Crippen molar-refractivity contribution in [3.63, 3.8) is 0 Å². The van der Waals surface area contributed by atoms with E-state index in [2.05, 4.69) is 16.8 Å². The maximum absolute atomic E-state index is 14.4. The third-order valence-corrected chi connectivity index (χ3v) is 5.58. The summed E-state index contributed by atoms with van der Waals surface area (Å²) >= 11 is 0. The maximum atomic E-state index is 14.4. The van der Waals surface area contributed by atoms with Crippen LogP contribution in [0.5, 0.6) is 0 Å². The molecule has 0 N–H and O–H groups in total. The Hall–Kier alpha value is -3.62. The molecule has 0 amide bonds. The highest BCUT2D eigenvalue weighted by Crippen LogP contribution is 2.57. The van der Waals surface area contributed by atoms with Gasteiger partial charge in [0, 0.05) is 23.7 Å². The maximum Gasteiger partial charge on any atom is 0.406 e. The molecule has 35 heavy (non-hydrogen) atoms. The Labute approximate surface area is 192 Å². The highest BCUT2D eigenvalue weighted by atomic mass is 19.4. The van der Waals surface area contributed by atoms with Crippen molar-refractivity contribution in [2.75, 3.05) is 11.4 Å². The van der Waals surface area contributed by atoms with Crippen LogP contribution in [0.4, 0.5) is 46.6 Å². The lowest BCUT2D eigenvalue weighted by Crippen LogP contribution is -2.34. The monoisotopic (exact) mass is 501 g/mol. The lowest BCUT2D eigenvalue weighted by atomic mass is 10.1. The molecule has 0 atom stereocenters. The number of aryl methyl sites for hydroxylation is 1. The quantitative estimate of drug-likeness (QED) is 0.346. The van der Waals surface area contributed by atoms with Crippen LogP contribution in [0.1, 0.15) is 18.4 Å². The first-order chi connectivity index (χ1) is 16.2. The molecule has 0 spiro atoms. The number of hydrogen-bond acceptors (Lipinski definition) is 3. The standard InChI is InChI=1S/C23H15F8N3O/c1-33-18-3-2-14(24)11-17(18)19(32-20(33)35)34(12-22(26,27)28)16-9-13(8-15(25)10-16)4-5-21(6-7-21)23(29,30)31/h2-3,8-11H,6-7,12H2,1H3. The largest absolute Gasteiger partial charge is 0.406 e. The van der Waals surface area contributed by atoms with Gasteiger partial charge in [0.2, 0.25) is 0 Å². The fourth-order valence-electron chi connectivity index (χ4n) is 3.58. The summed E-state index contributed by atoms with van der Waals surface area (Å²) in [5.74, 6) is 1.77. The van der Waals surface area contributed by atoms with E-state index in [1.807, 2.05) is 0 Å². The molecular formula is C23H15F8N3O. The van der Waals surface area contributed by atoms with E-state index in [1.54, 1.807) is 0 Å². The number of hydrogen-bond donors (Lipinski definition) is 0. The topological polar surface area (TPSA) is 38.1 Å². The summed E-state index contributed by atoms with van der Waals surface area (Å²) in [6, 6.07) is 5.49. The highest BCUT2D eigenvalue weighted by molar-refractivity contribution is 5.92. The van der Waals surface area contributed by atoms with Crippen LogP contribution >= 0.6 is 0 Å². The van der Waals surface area contributed by atoms with Gasteiger partial charge in [-0.15, -0.1) is 0 Å². The minimum Gasteiger partial charge on any atom is -0.316 e. The second-order valence-electron chi connectivity index (χ2n) is 8.17. The van der Waals surface area contributed by atoms with Crippen molar-refractivity contribution in [3.8, 4) is 11.8 Å². The van der Waals surface area contributed by atoms with Gasteiger partial charge < -0.3 is 4.90 Å². The lowest BCUT2D eigenvalue weighted by molar-refractivity contribution is -0.168. The number of nitrogens with zero attached hydrogens (tertiary/aromatic N) is 3. The Morgan fingerprint density at radius 2 is 1.71 bits per heavy atom. The zero-order valence-corrected chi connectivity index (χ0v) is 17.9. The summed E-state index contributed by atoms with van der Waals surface area (Å²) in [4.78, 5) is 16.4. The molecule has 4 rings (SSSR count). The molecule has 4 nitrogen and oxygen atoms in total. The summed E-state index contributed by atoms with van der Waals surface area (Å²) in [5.41, 5.74) is -3.90. The summed E-state index contributed by atoms with van der Waals surface area (Å²) in [7, 11) is 1.29. The van der Waals surface area contributed by atoms with Gasteiger partial charge in [-0.25, -0.2) is 13.6 Å². The van der Waals surface area contributed by atoms with Crippen LogP contribution in [-0.4, -0.2) is 28.4 Å². The number of halogens is 8. The average molecular weight is 501 g/mol. The Bertz CT molecular complexity index is 1430. The molecule has 184 valence electrons.